The molecule has 3 aromatic rings. The quantitative estimate of drug-likeness (QED) is 0.326. The Morgan fingerprint density at radius 3 is 2.50 bits per heavy atom. The lowest BCUT2D eigenvalue weighted by molar-refractivity contribution is -0.132. The average molecular weight is 458 g/mol. The van der Waals surface area contributed by atoms with E-state index in [9.17, 15) is 19.1 Å². The van der Waals surface area contributed by atoms with Crippen molar-refractivity contribution in [2.24, 2.45) is 0 Å². The van der Waals surface area contributed by atoms with E-state index in [4.69, 9.17) is 4.74 Å². The van der Waals surface area contributed by atoms with Crippen molar-refractivity contribution in [3.8, 4) is 5.75 Å². The maximum Gasteiger partial charge on any atom is 0.300 e. The van der Waals surface area contributed by atoms with E-state index >= 15 is 0 Å². The smallest absolute Gasteiger partial charge is 0.300 e. The number of fused-ring (bicyclic) bond motifs is 1. The number of benzene rings is 3. The van der Waals surface area contributed by atoms with E-state index in [0.29, 0.717) is 16.9 Å². The minimum Gasteiger partial charge on any atom is -0.507 e. The summed E-state index contributed by atoms with van der Waals surface area (Å²) >= 11 is 0. The van der Waals surface area contributed by atoms with Gasteiger partial charge in [0.25, 0.3) is 11.7 Å². The summed E-state index contributed by atoms with van der Waals surface area (Å²) in [5.74, 6) is -1.86. The second kappa shape index (κ2) is 8.78. The molecule has 5 nitrogen and oxygen atoms in total. The Hall–Kier alpha value is -3.93. The van der Waals surface area contributed by atoms with Gasteiger partial charge in [-0.1, -0.05) is 30.3 Å². The fourth-order valence-corrected chi connectivity index (χ4v) is 4.89. The van der Waals surface area contributed by atoms with Gasteiger partial charge in [0.1, 0.15) is 17.3 Å². The normalized spacial score (nSPS) is 19.2. The summed E-state index contributed by atoms with van der Waals surface area (Å²) in [6, 6.07) is 17.2. The van der Waals surface area contributed by atoms with Crippen molar-refractivity contribution in [1.82, 2.24) is 0 Å². The molecular weight excluding hydrogens is 433 g/mol. The van der Waals surface area contributed by atoms with Crippen molar-refractivity contribution < 1.29 is 23.8 Å². The summed E-state index contributed by atoms with van der Waals surface area (Å²) in [6.07, 6.45) is 4.11. The largest absolute Gasteiger partial charge is 0.507 e. The lowest BCUT2D eigenvalue weighted by Crippen LogP contribution is -2.29. The number of halogens is 1. The van der Waals surface area contributed by atoms with Gasteiger partial charge in [-0.05, 0) is 78.8 Å². The van der Waals surface area contributed by atoms with Gasteiger partial charge in [0.05, 0.1) is 18.7 Å². The number of anilines is 1. The summed E-state index contributed by atoms with van der Waals surface area (Å²) in [4.78, 5) is 27.7. The number of rotatable bonds is 4. The van der Waals surface area contributed by atoms with Gasteiger partial charge >= 0.3 is 0 Å². The summed E-state index contributed by atoms with van der Waals surface area (Å²) in [7, 11) is 1.52. The molecule has 0 bridgehead atoms. The van der Waals surface area contributed by atoms with E-state index in [0.717, 1.165) is 31.2 Å². The van der Waals surface area contributed by atoms with E-state index in [1.54, 1.807) is 36.4 Å². The number of aliphatic hydroxyl groups is 1. The number of hydrogen-bond donors (Lipinski definition) is 1. The second-order valence-corrected chi connectivity index (χ2v) is 8.62. The molecule has 3 aromatic carbocycles. The highest BCUT2D eigenvalue weighted by Crippen LogP contribution is 2.43. The molecule has 1 aliphatic heterocycles. The average Bonchev–Trinajstić information content (AvgIpc) is 3.13. The molecule has 1 N–H and O–H groups in total. The van der Waals surface area contributed by atoms with Gasteiger partial charge in [-0.15, -0.1) is 0 Å². The molecule has 172 valence electrons. The topological polar surface area (TPSA) is 66.8 Å². The van der Waals surface area contributed by atoms with E-state index in [-0.39, 0.29) is 17.0 Å². The van der Waals surface area contributed by atoms with E-state index in [2.05, 4.69) is 0 Å². The zero-order chi connectivity index (χ0) is 23.8. The first-order valence-corrected chi connectivity index (χ1v) is 11.3. The van der Waals surface area contributed by atoms with E-state index < -0.39 is 23.5 Å². The number of carbonyl (C=O) groups excluding carboxylic acids is 2. The van der Waals surface area contributed by atoms with Crippen LogP contribution in [0.2, 0.25) is 0 Å². The Kier molecular flexibility index (Phi) is 5.65. The summed E-state index contributed by atoms with van der Waals surface area (Å²) in [5.41, 5.74) is 3.66. The minimum absolute atomic E-state index is 0.0294. The molecule has 1 amide bonds. The standard InChI is InChI=1S/C28H24FNO4/c1-34-23-11-4-8-19(15-23)25-24(26(31)20-13-12-17-6-2-3-7-18(17)14-20)27(32)28(33)30(25)22-10-5-9-21(29)16-22/h4-5,8-16,25,31H,2-3,6-7H2,1H3/b26-24-. The molecule has 6 heteroatoms. The number of ketones is 1. The van der Waals surface area contributed by atoms with Gasteiger partial charge < -0.3 is 9.84 Å². The molecular formula is C28H24FNO4. The van der Waals surface area contributed by atoms with Gasteiger partial charge in [0, 0.05) is 11.3 Å². The number of nitrogens with zero attached hydrogens (tertiary/aromatic N) is 1. The monoisotopic (exact) mass is 457 g/mol. The van der Waals surface area contributed by atoms with Crippen molar-refractivity contribution in [3.63, 3.8) is 0 Å². The summed E-state index contributed by atoms with van der Waals surface area (Å²) in [5, 5.41) is 11.4. The van der Waals surface area contributed by atoms with E-state index in [1.807, 2.05) is 12.1 Å². The first-order valence-electron chi connectivity index (χ1n) is 11.3. The van der Waals surface area contributed by atoms with Crippen LogP contribution in [0, 0.1) is 5.82 Å². The number of carbonyl (C=O) groups is 2. The van der Waals surface area contributed by atoms with Crippen LogP contribution in [0.25, 0.3) is 5.76 Å². The zero-order valence-electron chi connectivity index (χ0n) is 18.8. The van der Waals surface area contributed by atoms with Crippen molar-refractivity contribution >= 4 is 23.1 Å². The Labute approximate surface area is 197 Å². The molecule has 1 atom stereocenters. The van der Waals surface area contributed by atoms with Gasteiger partial charge in [0.2, 0.25) is 0 Å². The number of ether oxygens (including phenoxy) is 1. The molecule has 2 aliphatic rings. The van der Waals surface area contributed by atoms with Gasteiger partial charge in [0.15, 0.2) is 0 Å². The molecule has 1 fully saturated rings. The third kappa shape index (κ3) is 3.75. The SMILES string of the molecule is COc1cccc(C2/C(=C(/O)c3ccc4c(c3)CCCC4)C(=O)C(=O)N2c2cccc(F)c2)c1. The van der Waals surface area contributed by atoms with Crippen LogP contribution < -0.4 is 9.64 Å². The predicted octanol–water partition coefficient (Wildman–Crippen LogP) is 5.34. The van der Waals surface area contributed by atoms with Crippen LogP contribution in [-0.4, -0.2) is 23.9 Å². The number of methoxy groups -OCH3 is 1. The van der Waals surface area contributed by atoms with Gasteiger partial charge in [-0.2, -0.15) is 0 Å². The Morgan fingerprint density at radius 2 is 1.74 bits per heavy atom. The fraction of sp³-hybridized carbons (Fsp3) is 0.214. The fourth-order valence-electron chi connectivity index (χ4n) is 4.89. The molecule has 5 rings (SSSR count). The second-order valence-electron chi connectivity index (χ2n) is 8.62. The first-order chi connectivity index (χ1) is 16.5. The number of Topliss-reactive ketones (excluding diaryl/α,β-unsaturated/α-hetero) is 1. The molecule has 1 saturated heterocycles. The third-order valence-corrected chi connectivity index (χ3v) is 6.56. The van der Waals surface area contributed by atoms with Crippen LogP contribution in [0.15, 0.2) is 72.3 Å². The highest BCUT2D eigenvalue weighted by molar-refractivity contribution is 6.51. The van der Waals surface area contributed by atoms with Gasteiger partial charge in [-0.25, -0.2) is 4.39 Å². The first kappa shape index (κ1) is 21.9. The lowest BCUT2D eigenvalue weighted by atomic mass is 9.88. The summed E-state index contributed by atoms with van der Waals surface area (Å²) < 4.78 is 19.4. The van der Waals surface area contributed by atoms with Gasteiger partial charge in [-0.3, -0.25) is 14.5 Å². The van der Waals surface area contributed by atoms with Crippen LogP contribution in [0.4, 0.5) is 10.1 Å². The Balaban J connectivity index is 1.71. The van der Waals surface area contributed by atoms with Crippen LogP contribution in [0.5, 0.6) is 5.75 Å². The van der Waals surface area contributed by atoms with Crippen LogP contribution in [-0.2, 0) is 22.4 Å². The Bertz CT molecular complexity index is 1330. The molecule has 1 heterocycles. The molecule has 34 heavy (non-hydrogen) atoms. The van der Waals surface area contributed by atoms with Crippen molar-refractivity contribution in [1.29, 1.82) is 0 Å². The Morgan fingerprint density at radius 1 is 0.971 bits per heavy atom. The predicted molar refractivity (Wildman–Crippen MR) is 127 cm³/mol. The molecule has 0 saturated carbocycles. The van der Waals surface area contributed by atoms with Crippen molar-refractivity contribution in [2.45, 2.75) is 31.7 Å². The zero-order valence-corrected chi connectivity index (χ0v) is 18.8. The molecule has 1 aliphatic carbocycles. The molecule has 0 radical (unpaired) electrons. The molecule has 0 aromatic heterocycles. The summed E-state index contributed by atoms with van der Waals surface area (Å²) in [6.45, 7) is 0. The van der Waals surface area contributed by atoms with Crippen LogP contribution in [0.1, 0.15) is 41.1 Å². The minimum atomic E-state index is -0.937. The number of aliphatic hydroxyl groups excluding tert-OH is 1. The maximum atomic E-state index is 14.1. The third-order valence-electron chi connectivity index (χ3n) is 6.56. The van der Waals surface area contributed by atoms with Crippen molar-refractivity contribution in [2.75, 3.05) is 12.0 Å². The molecule has 1 unspecified atom stereocenters. The highest BCUT2D eigenvalue weighted by Gasteiger charge is 2.47. The van der Waals surface area contributed by atoms with Crippen LogP contribution >= 0.6 is 0 Å². The molecule has 0 spiro atoms. The number of hydrogen-bond acceptors (Lipinski definition) is 4. The maximum absolute atomic E-state index is 14.1. The van der Waals surface area contributed by atoms with Crippen LogP contribution in [0.3, 0.4) is 0 Å². The lowest BCUT2D eigenvalue weighted by Gasteiger charge is -2.26. The van der Waals surface area contributed by atoms with Crippen molar-refractivity contribution in [3.05, 3.63) is 100 Å². The number of aryl methyl sites for hydroxylation is 2. The number of amides is 1. The highest BCUT2D eigenvalue weighted by atomic mass is 19.1. The van der Waals surface area contributed by atoms with E-state index in [1.165, 1.54) is 35.8 Å².